The molecule has 1 unspecified atom stereocenters. The van der Waals surface area contributed by atoms with Crippen LogP contribution in [0.3, 0.4) is 0 Å². The Morgan fingerprint density at radius 3 is 2.52 bits per heavy atom. The molecule has 0 saturated carbocycles. The SMILES string of the molecule is CC1CCc2c1nn(C)c2C(=O)NCc1ccc(Oc2ccc(C#N)cc2)cc1. The average Bonchev–Trinajstić information content (AvgIpc) is 3.25. The fourth-order valence-corrected chi connectivity index (χ4v) is 3.69. The van der Waals surface area contributed by atoms with Crippen molar-refractivity contribution in [2.45, 2.75) is 32.2 Å². The number of hydrogen-bond donors (Lipinski definition) is 1. The molecular weight excluding hydrogens is 364 g/mol. The third kappa shape index (κ3) is 3.85. The molecule has 0 fully saturated rings. The highest BCUT2D eigenvalue weighted by Crippen LogP contribution is 2.33. The van der Waals surface area contributed by atoms with E-state index in [1.165, 1.54) is 0 Å². The maximum Gasteiger partial charge on any atom is 0.270 e. The number of nitrogens with one attached hydrogen (secondary N) is 1. The molecule has 0 aliphatic heterocycles. The summed E-state index contributed by atoms with van der Waals surface area (Å²) in [5, 5.41) is 16.4. The number of aromatic nitrogens is 2. The van der Waals surface area contributed by atoms with E-state index in [2.05, 4.69) is 23.4 Å². The summed E-state index contributed by atoms with van der Waals surface area (Å²) in [7, 11) is 1.83. The lowest BCUT2D eigenvalue weighted by atomic mass is 10.1. The van der Waals surface area contributed by atoms with E-state index in [1.807, 2.05) is 31.3 Å². The van der Waals surface area contributed by atoms with Gasteiger partial charge in [0.2, 0.25) is 0 Å². The molecule has 1 aliphatic rings. The van der Waals surface area contributed by atoms with Crippen molar-refractivity contribution in [3.8, 4) is 17.6 Å². The second-order valence-electron chi connectivity index (χ2n) is 7.34. The van der Waals surface area contributed by atoms with Gasteiger partial charge in [-0.25, -0.2) is 0 Å². The second-order valence-corrected chi connectivity index (χ2v) is 7.34. The zero-order valence-corrected chi connectivity index (χ0v) is 16.5. The van der Waals surface area contributed by atoms with E-state index in [0.717, 1.165) is 29.7 Å². The van der Waals surface area contributed by atoms with Crippen LogP contribution in [0.5, 0.6) is 11.5 Å². The number of rotatable bonds is 5. The highest BCUT2D eigenvalue weighted by molar-refractivity contribution is 5.94. The standard InChI is InChI=1S/C23H22N4O2/c1-15-3-12-20-21(15)26-27(2)22(20)23(28)25-14-17-6-10-19(11-7-17)29-18-8-4-16(13-24)5-9-18/h4-11,15H,3,12,14H2,1-2H3,(H,25,28). The van der Waals surface area contributed by atoms with Crippen molar-refractivity contribution < 1.29 is 9.53 Å². The van der Waals surface area contributed by atoms with Gasteiger partial charge in [-0.05, 0) is 54.8 Å². The first kappa shape index (κ1) is 18.8. The van der Waals surface area contributed by atoms with Crippen LogP contribution in [-0.4, -0.2) is 15.7 Å². The third-order valence-electron chi connectivity index (χ3n) is 5.28. The molecule has 146 valence electrons. The number of fused-ring (bicyclic) bond motifs is 1. The minimum absolute atomic E-state index is 0.0896. The number of benzene rings is 2. The Morgan fingerprint density at radius 2 is 1.86 bits per heavy atom. The number of carbonyl (C=O) groups excluding carboxylic acids is 1. The normalized spacial score (nSPS) is 14.9. The van der Waals surface area contributed by atoms with Gasteiger partial charge in [0.05, 0.1) is 17.3 Å². The molecule has 4 rings (SSSR count). The summed E-state index contributed by atoms with van der Waals surface area (Å²) in [4.78, 5) is 12.7. The number of ether oxygens (including phenoxy) is 1. The smallest absolute Gasteiger partial charge is 0.270 e. The molecule has 0 radical (unpaired) electrons. The summed E-state index contributed by atoms with van der Waals surface area (Å²) in [6.07, 6.45) is 1.97. The molecule has 1 atom stereocenters. The maximum absolute atomic E-state index is 12.7. The van der Waals surface area contributed by atoms with E-state index in [4.69, 9.17) is 10.00 Å². The summed E-state index contributed by atoms with van der Waals surface area (Å²) < 4.78 is 7.48. The Bertz CT molecular complexity index is 1080. The highest BCUT2D eigenvalue weighted by Gasteiger charge is 2.29. The van der Waals surface area contributed by atoms with Gasteiger partial charge >= 0.3 is 0 Å². The van der Waals surface area contributed by atoms with E-state index in [-0.39, 0.29) is 5.91 Å². The van der Waals surface area contributed by atoms with Crippen LogP contribution in [0.1, 0.15) is 52.1 Å². The molecule has 0 spiro atoms. The second kappa shape index (κ2) is 7.80. The summed E-state index contributed by atoms with van der Waals surface area (Å²) >= 11 is 0. The average molecular weight is 386 g/mol. The number of amides is 1. The Balaban J connectivity index is 1.38. The zero-order valence-electron chi connectivity index (χ0n) is 16.5. The predicted octanol–water partition coefficient (Wildman–Crippen LogP) is 4.06. The van der Waals surface area contributed by atoms with Crippen LogP contribution in [-0.2, 0) is 20.0 Å². The molecule has 1 aliphatic carbocycles. The first-order valence-corrected chi connectivity index (χ1v) is 9.66. The molecule has 6 heteroatoms. The van der Waals surface area contributed by atoms with Gasteiger partial charge in [0, 0.05) is 25.1 Å². The lowest BCUT2D eigenvalue weighted by Crippen LogP contribution is -2.26. The van der Waals surface area contributed by atoms with E-state index >= 15 is 0 Å². The first-order valence-electron chi connectivity index (χ1n) is 9.66. The Kier molecular flexibility index (Phi) is 5.05. The molecule has 0 saturated heterocycles. The number of aryl methyl sites for hydroxylation is 1. The van der Waals surface area contributed by atoms with Gasteiger partial charge in [-0.1, -0.05) is 19.1 Å². The van der Waals surface area contributed by atoms with Crippen LogP contribution in [0, 0.1) is 11.3 Å². The van der Waals surface area contributed by atoms with Crippen molar-refractivity contribution in [3.63, 3.8) is 0 Å². The summed E-state index contributed by atoms with van der Waals surface area (Å²) in [5.74, 6) is 1.70. The molecule has 1 amide bonds. The van der Waals surface area contributed by atoms with Crippen LogP contribution in [0.2, 0.25) is 0 Å². The van der Waals surface area contributed by atoms with Crippen LogP contribution in [0.25, 0.3) is 0 Å². The molecule has 1 aromatic heterocycles. The molecule has 0 bridgehead atoms. The predicted molar refractivity (Wildman–Crippen MR) is 109 cm³/mol. The summed E-state index contributed by atoms with van der Waals surface area (Å²) in [6.45, 7) is 2.59. The largest absolute Gasteiger partial charge is 0.457 e. The minimum Gasteiger partial charge on any atom is -0.457 e. The van der Waals surface area contributed by atoms with Gasteiger partial charge in [0.25, 0.3) is 5.91 Å². The van der Waals surface area contributed by atoms with E-state index in [9.17, 15) is 4.79 Å². The van der Waals surface area contributed by atoms with Gasteiger partial charge in [-0.2, -0.15) is 10.4 Å². The van der Waals surface area contributed by atoms with Crippen LogP contribution >= 0.6 is 0 Å². The van der Waals surface area contributed by atoms with E-state index < -0.39 is 0 Å². The molecule has 6 nitrogen and oxygen atoms in total. The van der Waals surface area contributed by atoms with Crippen LogP contribution in [0.15, 0.2) is 48.5 Å². The number of carbonyl (C=O) groups is 1. The molecule has 1 N–H and O–H groups in total. The van der Waals surface area contributed by atoms with E-state index in [1.54, 1.807) is 28.9 Å². The van der Waals surface area contributed by atoms with Gasteiger partial charge < -0.3 is 10.1 Å². The topological polar surface area (TPSA) is 79.9 Å². The summed E-state index contributed by atoms with van der Waals surface area (Å²) in [6, 6.07) is 16.6. The zero-order chi connectivity index (χ0) is 20.4. The quantitative estimate of drug-likeness (QED) is 0.717. The fraction of sp³-hybridized carbons (Fsp3) is 0.261. The van der Waals surface area contributed by atoms with Crippen molar-refractivity contribution in [2.75, 3.05) is 0 Å². The lowest BCUT2D eigenvalue weighted by molar-refractivity contribution is 0.0940. The number of nitriles is 1. The molecule has 2 aromatic carbocycles. The lowest BCUT2D eigenvalue weighted by Gasteiger charge is -2.09. The van der Waals surface area contributed by atoms with Crippen molar-refractivity contribution in [3.05, 3.63) is 76.6 Å². The molecule has 29 heavy (non-hydrogen) atoms. The first-order chi connectivity index (χ1) is 14.0. The number of nitrogens with zero attached hydrogens (tertiary/aromatic N) is 3. The minimum atomic E-state index is -0.0896. The molecular formula is C23H22N4O2. The van der Waals surface area contributed by atoms with Crippen molar-refractivity contribution >= 4 is 5.91 Å². The maximum atomic E-state index is 12.7. The highest BCUT2D eigenvalue weighted by atomic mass is 16.5. The van der Waals surface area contributed by atoms with Crippen LogP contribution < -0.4 is 10.1 Å². The monoisotopic (exact) mass is 386 g/mol. The van der Waals surface area contributed by atoms with Gasteiger partial charge in [-0.15, -0.1) is 0 Å². The van der Waals surface area contributed by atoms with Crippen LogP contribution in [0.4, 0.5) is 0 Å². The Morgan fingerprint density at radius 1 is 1.21 bits per heavy atom. The Hall–Kier alpha value is -3.59. The third-order valence-corrected chi connectivity index (χ3v) is 5.28. The van der Waals surface area contributed by atoms with Gasteiger partial charge in [0.1, 0.15) is 17.2 Å². The Labute approximate surface area is 169 Å². The van der Waals surface area contributed by atoms with Gasteiger partial charge in [0.15, 0.2) is 0 Å². The van der Waals surface area contributed by atoms with Crippen molar-refractivity contribution in [1.29, 1.82) is 5.26 Å². The van der Waals surface area contributed by atoms with Gasteiger partial charge in [-0.3, -0.25) is 9.48 Å². The van der Waals surface area contributed by atoms with Crippen molar-refractivity contribution in [2.24, 2.45) is 7.05 Å². The molecule has 3 aromatic rings. The fourth-order valence-electron chi connectivity index (χ4n) is 3.69. The number of hydrogen-bond acceptors (Lipinski definition) is 4. The van der Waals surface area contributed by atoms with Crippen molar-refractivity contribution in [1.82, 2.24) is 15.1 Å². The molecule has 1 heterocycles. The summed E-state index contributed by atoms with van der Waals surface area (Å²) in [5.41, 5.74) is 4.39. The van der Waals surface area contributed by atoms with E-state index in [0.29, 0.717) is 35.2 Å².